The fourth-order valence-electron chi connectivity index (χ4n) is 0. The summed E-state index contributed by atoms with van der Waals surface area (Å²) in [5.74, 6) is 0. The van der Waals surface area contributed by atoms with Crippen LogP contribution in [0.5, 0.6) is 0 Å². The first-order valence-corrected chi connectivity index (χ1v) is 3.79. The molecule has 0 spiro atoms. The van der Waals surface area contributed by atoms with Crippen molar-refractivity contribution in [2.45, 2.75) is 0 Å². The molecule has 0 atom stereocenters. The zero-order valence-corrected chi connectivity index (χ0v) is 8.57. The number of thioether (sulfide) groups is 1. The minimum Gasteiger partial charge on any atom is -1.00 e. The molecule has 0 amide bonds. The van der Waals surface area contributed by atoms with Gasteiger partial charge in [0.1, 0.15) is 0 Å². The summed E-state index contributed by atoms with van der Waals surface area (Å²) in [5.41, 5.74) is 0. The Labute approximate surface area is 73.7 Å². The van der Waals surface area contributed by atoms with E-state index in [1.165, 1.54) is 0 Å². The van der Waals surface area contributed by atoms with Crippen molar-refractivity contribution in [1.82, 2.24) is 0 Å². The Kier molecular flexibility index (Phi) is 77.9. The first-order valence-electron chi connectivity index (χ1n) is 1.26. The fourth-order valence-corrected chi connectivity index (χ4v) is 0. The van der Waals surface area contributed by atoms with Crippen molar-refractivity contribution in [2.75, 3.05) is 18.8 Å². The summed E-state index contributed by atoms with van der Waals surface area (Å²) in [7, 11) is 0. The van der Waals surface area contributed by atoms with Crippen LogP contribution in [0.1, 0.15) is 1.43 Å². The van der Waals surface area contributed by atoms with E-state index in [9.17, 15) is 0 Å². The Morgan fingerprint density at radius 1 is 1.33 bits per heavy atom. The van der Waals surface area contributed by atoms with Crippen LogP contribution in [0.4, 0.5) is 0 Å². The van der Waals surface area contributed by atoms with Crippen LogP contribution < -0.4 is 29.6 Å². The molecule has 0 aromatic heterocycles. The average Bonchev–Trinajstić information content (AvgIpc) is 1.46. The third-order valence-electron chi connectivity index (χ3n) is 0. The summed E-state index contributed by atoms with van der Waals surface area (Å²) in [5, 5.41) is 0. The Hall–Kier alpha value is 1.70. The van der Waals surface area contributed by atoms with E-state index < -0.39 is 0 Å². The average molecular weight is 134 g/mol. The van der Waals surface area contributed by atoms with Gasteiger partial charge in [-0.25, -0.2) is 0 Å². The van der Waals surface area contributed by atoms with Crippen LogP contribution in [0.25, 0.3) is 0 Å². The smallest absolute Gasteiger partial charge is 1.00 e. The SMILES string of the molecule is CS.CSC.[H-].[Na+]. The summed E-state index contributed by atoms with van der Waals surface area (Å²) in [4.78, 5) is 0. The van der Waals surface area contributed by atoms with E-state index in [4.69, 9.17) is 0 Å². The van der Waals surface area contributed by atoms with Gasteiger partial charge in [0.25, 0.3) is 0 Å². The van der Waals surface area contributed by atoms with Gasteiger partial charge in [0.15, 0.2) is 0 Å². The van der Waals surface area contributed by atoms with E-state index in [2.05, 4.69) is 12.6 Å². The molecule has 0 aromatic carbocycles. The van der Waals surface area contributed by atoms with Crippen molar-refractivity contribution in [3.05, 3.63) is 0 Å². The van der Waals surface area contributed by atoms with Gasteiger partial charge in [-0.15, -0.1) is 0 Å². The molecule has 0 unspecified atom stereocenters. The maximum atomic E-state index is 3.53. The molecule has 0 radical (unpaired) electrons. The van der Waals surface area contributed by atoms with Crippen molar-refractivity contribution < 1.29 is 31.0 Å². The second kappa shape index (κ2) is 29.9. The molecular weight excluding hydrogens is 123 g/mol. The van der Waals surface area contributed by atoms with Gasteiger partial charge in [0.2, 0.25) is 0 Å². The van der Waals surface area contributed by atoms with E-state index in [0.717, 1.165) is 0 Å². The summed E-state index contributed by atoms with van der Waals surface area (Å²) < 4.78 is 0. The van der Waals surface area contributed by atoms with Gasteiger partial charge in [0.05, 0.1) is 0 Å². The minimum absolute atomic E-state index is 0. The Morgan fingerprint density at radius 3 is 1.33 bits per heavy atom. The van der Waals surface area contributed by atoms with Gasteiger partial charge in [-0.3, -0.25) is 0 Å². The summed E-state index contributed by atoms with van der Waals surface area (Å²) in [6, 6.07) is 0. The van der Waals surface area contributed by atoms with Crippen molar-refractivity contribution >= 4 is 24.4 Å². The summed E-state index contributed by atoms with van der Waals surface area (Å²) in [6.07, 6.45) is 5.78. The molecule has 36 valence electrons. The van der Waals surface area contributed by atoms with Gasteiger partial charge in [0, 0.05) is 0 Å². The Morgan fingerprint density at radius 2 is 1.33 bits per heavy atom. The van der Waals surface area contributed by atoms with Crippen molar-refractivity contribution in [3.63, 3.8) is 0 Å². The van der Waals surface area contributed by atoms with E-state index in [1.54, 1.807) is 18.0 Å². The molecule has 0 bridgehead atoms. The monoisotopic (exact) mass is 134 g/mol. The molecule has 0 aliphatic carbocycles. The predicted octanol–water partition coefficient (Wildman–Crippen LogP) is -1.36. The topological polar surface area (TPSA) is 0 Å². The maximum absolute atomic E-state index is 3.53. The van der Waals surface area contributed by atoms with E-state index >= 15 is 0 Å². The molecule has 0 rings (SSSR count). The molecule has 0 heterocycles. The van der Waals surface area contributed by atoms with Crippen LogP contribution in [-0.4, -0.2) is 18.8 Å². The van der Waals surface area contributed by atoms with Crippen LogP contribution in [0.2, 0.25) is 0 Å². The van der Waals surface area contributed by atoms with Gasteiger partial charge in [-0.2, -0.15) is 24.4 Å². The Balaban J connectivity index is -0.0000000105. The third-order valence-corrected chi connectivity index (χ3v) is 0. The molecule has 3 heteroatoms. The van der Waals surface area contributed by atoms with Gasteiger partial charge < -0.3 is 1.43 Å². The fraction of sp³-hybridized carbons (Fsp3) is 1.00. The zero-order chi connectivity index (χ0) is 4.71. The second-order valence-electron chi connectivity index (χ2n) is 0.408. The van der Waals surface area contributed by atoms with Crippen LogP contribution in [0, 0.1) is 0 Å². The number of rotatable bonds is 0. The largest absolute Gasteiger partial charge is 1.00 e. The molecule has 0 saturated carbocycles. The van der Waals surface area contributed by atoms with Crippen molar-refractivity contribution in [2.24, 2.45) is 0 Å². The molecule has 0 saturated heterocycles. The summed E-state index contributed by atoms with van der Waals surface area (Å²) in [6.45, 7) is 0. The van der Waals surface area contributed by atoms with Gasteiger partial charge in [-0.1, -0.05) is 0 Å². The van der Waals surface area contributed by atoms with Crippen LogP contribution in [0.3, 0.4) is 0 Å². The zero-order valence-electron chi connectivity index (χ0n) is 5.86. The van der Waals surface area contributed by atoms with E-state index in [0.29, 0.717) is 0 Å². The molecule has 0 aromatic rings. The molecule has 0 fully saturated rings. The second-order valence-corrected chi connectivity index (χ2v) is 1.22. The van der Waals surface area contributed by atoms with Crippen LogP contribution >= 0.6 is 24.4 Å². The van der Waals surface area contributed by atoms with Crippen LogP contribution in [0.15, 0.2) is 0 Å². The quantitative estimate of drug-likeness (QED) is 0.315. The van der Waals surface area contributed by atoms with Crippen molar-refractivity contribution in [3.8, 4) is 0 Å². The molecule has 0 N–H and O–H groups in total. The van der Waals surface area contributed by atoms with E-state index in [-0.39, 0.29) is 31.0 Å². The minimum atomic E-state index is 0. The maximum Gasteiger partial charge on any atom is 1.00 e. The standard InChI is InChI=1S/C2H6S.CH4S.Na.H/c1-3-2;1-2;;/h1-2H3;2H,1H3;;/q;;+1;-1. The molecule has 0 nitrogen and oxygen atoms in total. The first kappa shape index (κ1) is 15.6. The third kappa shape index (κ3) is 43.6. The summed E-state index contributed by atoms with van der Waals surface area (Å²) >= 11 is 5.28. The number of thiol groups is 1. The van der Waals surface area contributed by atoms with E-state index in [1.807, 2.05) is 12.5 Å². The number of hydrogen-bond acceptors (Lipinski definition) is 2. The first-order chi connectivity index (χ1) is 2.41. The number of hydrogen-bond donors (Lipinski definition) is 1. The normalized spacial score (nSPS) is 4.00. The Bertz CT molecular complexity index is 12.9. The molecule has 0 aliphatic heterocycles. The molecule has 0 aliphatic rings. The molecular formula is C3H11NaS2. The predicted molar refractivity (Wildman–Crippen MR) is 35.5 cm³/mol. The van der Waals surface area contributed by atoms with Gasteiger partial charge >= 0.3 is 29.6 Å². The van der Waals surface area contributed by atoms with Crippen LogP contribution in [-0.2, 0) is 0 Å². The van der Waals surface area contributed by atoms with Gasteiger partial charge in [-0.05, 0) is 18.8 Å². The van der Waals surface area contributed by atoms with Crippen molar-refractivity contribution in [1.29, 1.82) is 0 Å². The molecule has 6 heavy (non-hydrogen) atoms.